The van der Waals surface area contributed by atoms with Crippen LogP contribution in [0.15, 0.2) is 36.7 Å². The number of carbonyl (C=O) groups is 1. The van der Waals surface area contributed by atoms with Crippen LogP contribution in [0.1, 0.15) is 22.3 Å². The quantitative estimate of drug-likeness (QED) is 0.778. The maximum absolute atomic E-state index is 12.3. The lowest BCUT2D eigenvalue weighted by Crippen LogP contribution is -2.47. The van der Waals surface area contributed by atoms with Crippen LogP contribution in [0.4, 0.5) is 5.95 Å². The van der Waals surface area contributed by atoms with Gasteiger partial charge in [-0.05, 0) is 42.8 Å². The summed E-state index contributed by atoms with van der Waals surface area (Å²) in [5, 5.41) is 3.03. The number of hydrogen-bond donors (Lipinski definition) is 1. The van der Waals surface area contributed by atoms with Gasteiger partial charge < -0.3 is 15.0 Å². The minimum absolute atomic E-state index is 0.00394. The molecular formula is C20H25N5O2. The number of hydrogen-bond acceptors (Lipinski definition) is 6. The van der Waals surface area contributed by atoms with Crippen molar-refractivity contribution in [2.45, 2.75) is 12.8 Å². The fourth-order valence-electron chi connectivity index (χ4n) is 3.56. The molecule has 142 valence electrons. The first-order valence-electron chi connectivity index (χ1n) is 9.58. The summed E-state index contributed by atoms with van der Waals surface area (Å²) in [7, 11) is 0. The molecular weight excluding hydrogens is 342 g/mol. The normalized spacial score (nSPS) is 16.7. The number of amides is 1. The van der Waals surface area contributed by atoms with Gasteiger partial charge in [0.25, 0.3) is 5.91 Å². The van der Waals surface area contributed by atoms with E-state index in [1.165, 1.54) is 0 Å². The lowest BCUT2D eigenvalue weighted by molar-refractivity contribution is 0.0951. The average Bonchev–Trinajstić information content (AvgIpc) is 3.20. The third-order valence-electron chi connectivity index (χ3n) is 5.10. The lowest BCUT2D eigenvalue weighted by Gasteiger charge is -2.34. The van der Waals surface area contributed by atoms with Gasteiger partial charge in [-0.2, -0.15) is 0 Å². The number of piperazine rings is 1. The zero-order valence-corrected chi connectivity index (χ0v) is 15.4. The Morgan fingerprint density at radius 1 is 1.15 bits per heavy atom. The van der Waals surface area contributed by atoms with Gasteiger partial charge in [-0.3, -0.25) is 9.69 Å². The molecule has 0 radical (unpaired) electrons. The summed E-state index contributed by atoms with van der Waals surface area (Å²) in [5.41, 5.74) is 1.85. The molecule has 1 aromatic carbocycles. The van der Waals surface area contributed by atoms with Crippen molar-refractivity contribution >= 4 is 11.9 Å². The first kappa shape index (κ1) is 17.7. The van der Waals surface area contributed by atoms with E-state index in [0.29, 0.717) is 13.2 Å². The summed E-state index contributed by atoms with van der Waals surface area (Å²) in [6.45, 7) is 6.26. The Balaban J connectivity index is 1.16. The number of ether oxygens (including phenoxy) is 1. The van der Waals surface area contributed by atoms with E-state index in [4.69, 9.17) is 4.74 Å². The molecule has 0 saturated carbocycles. The summed E-state index contributed by atoms with van der Waals surface area (Å²) in [5.74, 6) is 1.71. The number of rotatable bonds is 6. The van der Waals surface area contributed by atoms with Crippen molar-refractivity contribution in [2.24, 2.45) is 0 Å². The summed E-state index contributed by atoms with van der Waals surface area (Å²) in [6.07, 6.45) is 5.40. The Hall–Kier alpha value is -2.67. The second kappa shape index (κ2) is 8.35. The molecule has 0 aliphatic carbocycles. The highest BCUT2D eigenvalue weighted by Crippen LogP contribution is 2.25. The number of nitrogens with one attached hydrogen (secondary N) is 1. The summed E-state index contributed by atoms with van der Waals surface area (Å²) >= 11 is 0. The fourth-order valence-corrected chi connectivity index (χ4v) is 3.56. The maximum atomic E-state index is 12.3. The van der Waals surface area contributed by atoms with Gasteiger partial charge in [-0.25, -0.2) is 9.97 Å². The number of aromatic nitrogens is 2. The molecule has 1 amide bonds. The highest BCUT2D eigenvalue weighted by molar-refractivity contribution is 5.94. The lowest BCUT2D eigenvalue weighted by atomic mass is 10.1. The third kappa shape index (κ3) is 4.36. The topological polar surface area (TPSA) is 70.6 Å². The fraction of sp³-hybridized carbons (Fsp3) is 0.450. The molecule has 0 bridgehead atoms. The predicted octanol–water partition coefficient (Wildman–Crippen LogP) is 1.35. The van der Waals surface area contributed by atoms with Crippen LogP contribution in [0.2, 0.25) is 0 Å². The summed E-state index contributed by atoms with van der Waals surface area (Å²) < 4.78 is 5.49. The van der Waals surface area contributed by atoms with Crippen LogP contribution in [0.5, 0.6) is 5.75 Å². The largest absolute Gasteiger partial charge is 0.493 e. The van der Waals surface area contributed by atoms with Crippen LogP contribution in [0, 0.1) is 0 Å². The minimum Gasteiger partial charge on any atom is -0.493 e. The van der Waals surface area contributed by atoms with E-state index in [1.807, 2.05) is 24.3 Å². The van der Waals surface area contributed by atoms with Crippen LogP contribution in [0.25, 0.3) is 0 Å². The van der Waals surface area contributed by atoms with Crippen LogP contribution in [0.3, 0.4) is 0 Å². The average molecular weight is 367 g/mol. The number of anilines is 1. The van der Waals surface area contributed by atoms with E-state index in [9.17, 15) is 4.79 Å². The Morgan fingerprint density at radius 3 is 2.78 bits per heavy atom. The second-order valence-corrected chi connectivity index (χ2v) is 6.91. The number of carbonyl (C=O) groups excluding carboxylic acids is 1. The van der Waals surface area contributed by atoms with Crippen LogP contribution in [-0.2, 0) is 6.42 Å². The second-order valence-electron chi connectivity index (χ2n) is 6.91. The zero-order chi connectivity index (χ0) is 18.5. The SMILES string of the molecule is O=C(NCCCN1CCN(c2ncccn2)CC1)c1ccc2c(c1)CCO2. The van der Waals surface area contributed by atoms with E-state index >= 15 is 0 Å². The summed E-state index contributed by atoms with van der Waals surface area (Å²) in [6, 6.07) is 7.52. The number of benzene rings is 1. The van der Waals surface area contributed by atoms with E-state index in [0.717, 1.165) is 68.4 Å². The van der Waals surface area contributed by atoms with Crippen molar-refractivity contribution in [3.8, 4) is 5.75 Å². The molecule has 2 aliphatic heterocycles. The van der Waals surface area contributed by atoms with Crippen molar-refractivity contribution in [2.75, 3.05) is 50.8 Å². The molecule has 7 heteroatoms. The van der Waals surface area contributed by atoms with E-state index in [2.05, 4.69) is 25.1 Å². The molecule has 2 aliphatic rings. The van der Waals surface area contributed by atoms with Gasteiger partial charge >= 0.3 is 0 Å². The standard InChI is InChI=1S/C20H25N5O2/c26-19(17-3-4-18-16(15-17)5-14-27-18)21-8-2-9-24-10-12-25(13-11-24)20-22-6-1-7-23-20/h1,3-4,6-7,15H,2,5,8-14H2,(H,21,26). The van der Waals surface area contributed by atoms with Gasteiger partial charge in [0, 0.05) is 57.1 Å². The van der Waals surface area contributed by atoms with Crippen LogP contribution >= 0.6 is 0 Å². The molecule has 1 fully saturated rings. The Kier molecular flexibility index (Phi) is 5.48. The van der Waals surface area contributed by atoms with E-state index < -0.39 is 0 Å². The molecule has 3 heterocycles. The zero-order valence-electron chi connectivity index (χ0n) is 15.4. The van der Waals surface area contributed by atoms with Crippen molar-refractivity contribution in [1.82, 2.24) is 20.2 Å². The summed E-state index contributed by atoms with van der Waals surface area (Å²) in [4.78, 5) is 25.6. The first-order valence-corrected chi connectivity index (χ1v) is 9.58. The predicted molar refractivity (Wildman–Crippen MR) is 103 cm³/mol. The smallest absolute Gasteiger partial charge is 0.251 e. The van der Waals surface area contributed by atoms with Crippen molar-refractivity contribution in [3.63, 3.8) is 0 Å². The molecule has 2 aromatic rings. The van der Waals surface area contributed by atoms with E-state index in [1.54, 1.807) is 12.4 Å². The van der Waals surface area contributed by atoms with Gasteiger partial charge in [0.15, 0.2) is 0 Å². The van der Waals surface area contributed by atoms with Crippen LogP contribution < -0.4 is 15.0 Å². The molecule has 4 rings (SSSR count). The Morgan fingerprint density at radius 2 is 1.96 bits per heavy atom. The minimum atomic E-state index is -0.00394. The van der Waals surface area contributed by atoms with Gasteiger partial charge in [0.2, 0.25) is 5.95 Å². The van der Waals surface area contributed by atoms with Crippen molar-refractivity contribution in [3.05, 3.63) is 47.8 Å². The van der Waals surface area contributed by atoms with Crippen LogP contribution in [-0.4, -0.2) is 66.7 Å². The molecule has 27 heavy (non-hydrogen) atoms. The van der Waals surface area contributed by atoms with Gasteiger partial charge in [0.05, 0.1) is 6.61 Å². The molecule has 1 N–H and O–H groups in total. The third-order valence-corrected chi connectivity index (χ3v) is 5.10. The maximum Gasteiger partial charge on any atom is 0.251 e. The van der Waals surface area contributed by atoms with Gasteiger partial charge in [0.1, 0.15) is 5.75 Å². The Labute approximate surface area is 159 Å². The van der Waals surface area contributed by atoms with E-state index in [-0.39, 0.29) is 5.91 Å². The molecule has 0 atom stereocenters. The molecule has 0 unspecified atom stereocenters. The number of nitrogens with zero attached hydrogens (tertiary/aromatic N) is 4. The number of fused-ring (bicyclic) bond motifs is 1. The molecule has 0 spiro atoms. The first-order chi connectivity index (χ1) is 13.3. The van der Waals surface area contributed by atoms with Crippen molar-refractivity contribution in [1.29, 1.82) is 0 Å². The molecule has 1 aromatic heterocycles. The van der Waals surface area contributed by atoms with Crippen molar-refractivity contribution < 1.29 is 9.53 Å². The highest BCUT2D eigenvalue weighted by atomic mass is 16.5. The molecule has 1 saturated heterocycles. The monoisotopic (exact) mass is 367 g/mol. The van der Waals surface area contributed by atoms with Gasteiger partial charge in [-0.1, -0.05) is 0 Å². The highest BCUT2D eigenvalue weighted by Gasteiger charge is 2.18. The molecule has 7 nitrogen and oxygen atoms in total. The Bertz CT molecular complexity index is 775. The van der Waals surface area contributed by atoms with Gasteiger partial charge in [-0.15, -0.1) is 0 Å².